The molecule has 0 fully saturated rings. The number of fused-ring (bicyclic) bond motifs is 1. The minimum Gasteiger partial charge on any atom is -0.492 e. The lowest BCUT2D eigenvalue weighted by molar-refractivity contribution is 0.101. The van der Waals surface area contributed by atoms with E-state index in [4.69, 9.17) is 4.74 Å². The highest BCUT2D eigenvalue weighted by Gasteiger charge is 2.09. The summed E-state index contributed by atoms with van der Waals surface area (Å²) in [5.74, 6) is 0.735. The van der Waals surface area contributed by atoms with Crippen molar-refractivity contribution < 1.29 is 9.53 Å². The van der Waals surface area contributed by atoms with E-state index in [1.165, 1.54) is 0 Å². The number of carbonyl (C=O) groups excluding carboxylic acids is 1. The fourth-order valence-corrected chi connectivity index (χ4v) is 2.42. The van der Waals surface area contributed by atoms with Gasteiger partial charge in [0.1, 0.15) is 5.75 Å². The Labute approximate surface area is 135 Å². The van der Waals surface area contributed by atoms with Gasteiger partial charge in [-0.2, -0.15) is 0 Å². The molecule has 0 bridgehead atoms. The second-order valence-electron chi connectivity index (χ2n) is 5.24. The first-order valence-corrected chi connectivity index (χ1v) is 7.57. The predicted molar refractivity (Wildman–Crippen MR) is 92.6 cm³/mol. The molecule has 2 aromatic carbocycles. The Bertz CT molecular complexity index is 859. The molecule has 0 saturated heterocycles. The standard InChI is InChI=1S/C19H18N2O2/c1-3-23-19-9-8-14(13(2)22)11-18(19)21-16-10-15-6-4-5-7-17(15)20-12-16/h4-12,21H,3H2,1-2H3. The Hall–Kier alpha value is -2.88. The number of anilines is 2. The Morgan fingerprint density at radius 2 is 2.00 bits per heavy atom. The third-order valence-electron chi connectivity index (χ3n) is 3.56. The maximum absolute atomic E-state index is 11.6. The predicted octanol–water partition coefficient (Wildman–Crippen LogP) is 4.58. The average Bonchev–Trinajstić information content (AvgIpc) is 2.56. The average molecular weight is 306 g/mol. The molecule has 0 saturated carbocycles. The molecule has 23 heavy (non-hydrogen) atoms. The number of benzene rings is 2. The van der Waals surface area contributed by atoms with Crippen LogP contribution in [0.3, 0.4) is 0 Å². The summed E-state index contributed by atoms with van der Waals surface area (Å²) in [7, 11) is 0. The lowest BCUT2D eigenvalue weighted by Gasteiger charge is -2.13. The molecule has 1 heterocycles. The van der Waals surface area contributed by atoms with Gasteiger partial charge in [0.2, 0.25) is 0 Å². The van der Waals surface area contributed by atoms with Crippen LogP contribution in [0.1, 0.15) is 24.2 Å². The van der Waals surface area contributed by atoms with Gasteiger partial charge in [0.25, 0.3) is 0 Å². The third-order valence-corrected chi connectivity index (χ3v) is 3.56. The van der Waals surface area contributed by atoms with Crippen molar-refractivity contribution in [2.75, 3.05) is 11.9 Å². The van der Waals surface area contributed by atoms with Crippen molar-refractivity contribution >= 4 is 28.1 Å². The van der Waals surface area contributed by atoms with Gasteiger partial charge in [-0.15, -0.1) is 0 Å². The van der Waals surface area contributed by atoms with Crippen LogP contribution in [0.15, 0.2) is 54.7 Å². The maximum Gasteiger partial charge on any atom is 0.159 e. The summed E-state index contributed by atoms with van der Waals surface area (Å²) in [5, 5.41) is 4.36. The first-order chi connectivity index (χ1) is 11.2. The van der Waals surface area contributed by atoms with Crippen LogP contribution in [0.25, 0.3) is 10.9 Å². The Kier molecular flexibility index (Phi) is 4.24. The molecule has 3 aromatic rings. The van der Waals surface area contributed by atoms with Crippen molar-refractivity contribution in [3.63, 3.8) is 0 Å². The molecule has 0 amide bonds. The van der Waals surface area contributed by atoms with Crippen molar-refractivity contribution in [2.24, 2.45) is 0 Å². The molecule has 0 aliphatic carbocycles. The van der Waals surface area contributed by atoms with Crippen LogP contribution in [0, 0.1) is 0 Å². The molecule has 0 aliphatic heterocycles. The quantitative estimate of drug-likeness (QED) is 0.701. The Morgan fingerprint density at radius 1 is 1.17 bits per heavy atom. The summed E-state index contributed by atoms with van der Waals surface area (Å²) < 4.78 is 5.64. The van der Waals surface area contributed by atoms with E-state index < -0.39 is 0 Å². The van der Waals surface area contributed by atoms with E-state index in [1.54, 1.807) is 19.2 Å². The second kappa shape index (κ2) is 6.48. The van der Waals surface area contributed by atoms with Gasteiger partial charge in [-0.1, -0.05) is 18.2 Å². The number of hydrogen-bond acceptors (Lipinski definition) is 4. The lowest BCUT2D eigenvalue weighted by atomic mass is 10.1. The zero-order valence-corrected chi connectivity index (χ0v) is 13.2. The third kappa shape index (κ3) is 3.31. The van der Waals surface area contributed by atoms with Crippen LogP contribution in [0.4, 0.5) is 11.4 Å². The van der Waals surface area contributed by atoms with Gasteiger partial charge in [0, 0.05) is 10.9 Å². The Balaban J connectivity index is 1.98. The highest BCUT2D eigenvalue weighted by atomic mass is 16.5. The van der Waals surface area contributed by atoms with Crippen molar-refractivity contribution in [3.8, 4) is 5.75 Å². The summed E-state index contributed by atoms with van der Waals surface area (Å²) in [6.45, 7) is 4.04. The summed E-state index contributed by atoms with van der Waals surface area (Å²) in [4.78, 5) is 16.1. The van der Waals surface area contributed by atoms with E-state index in [9.17, 15) is 4.79 Å². The van der Waals surface area contributed by atoms with E-state index >= 15 is 0 Å². The highest BCUT2D eigenvalue weighted by molar-refractivity contribution is 5.95. The summed E-state index contributed by atoms with van der Waals surface area (Å²) in [6, 6.07) is 15.4. The topological polar surface area (TPSA) is 51.2 Å². The van der Waals surface area contributed by atoms with Crippen molar-refractivity contribution in [1.82, 2.24) is 4.98 Å². The van der Waals surface area contributed by atoms with Crippen LogP contribution >= 0.6 is 0 Å². The van der Waals surface area contributed by atoms with E-state index in [1.807, 2.05) is 49.4 Å². The molecule has 1 N–H and O–H groups in total. The van der Waals surface area contributed by atoms with Gasteiger partial charge in [0.05, 0.1) is 29.7 Å². The molecule has 4 nitrogen and oxygen atoms in total. The van der Waals surface area contributed by atoms with E-state index in [-0.39, 0.29) is 5.78 Å². The first-order valence-electron chi connectivity index (χ1n) is 7.57. The van der Waals surface area contributed by atoms with Crippen molar-refractivity contribution in [3.05, 3.63) is 60.3 Å². The van der Waals surface area contributed by atoms with Crippen LogP contribution in [0.5, 0.6) is 5.75 Å². The molecular weight excluding hydrogens is 288 g/mol. The number of ketones is 1. The first kappa shape index (κ1) is 15.0. The van der Waals surface area contributed by atoms with E-state index in [0.29, 0.717) is 17.9 Å². The second-order valence-corrected chi connectivity index (χ2v) is 5.24. The van der Waals surface area contributed by atoms with Crippen LogP contribution in [-0.2, 0) is 0 Å². The fraction of sp³-hybridized carbons (Fsp3) is 0.158. The number of ether oxygens (including phenoxy) is 1. The zero-order chi connectivity index (χ0) is 16.2. The molecule has 0 atom stereocenters. The number of rotatable bonds is 5. The molecule has 1 aromatic heterocycles. The van der Waals surface area contributed by atoms with E-state index in [0.717, 1.165) is 22.3 Å². The molecule has 3 rings (SSSR count). The number of nitrogens with zero attached hydrogens (tertiary/aromatic N) is 1. The summed E-state index contributed by atoms with van der Waals surface area (Å²) in [5.41, 5.74) is 3.20. The molecule has 116 valence electrons. The van der Waals surface area contributed by atoms with Crippen LogP contribution in [0.2, 0.25) is 0 Å². The molecule has 0 aliphatic rings. The van der Waals surface area contributed by atoms with Gasteiger partial charge in [-0.3, -0.25) is 9.78 Å². The van der Waals surface area contributed by atoms with E-state index in [2.05, 4.69) is 10.3 Å². The van der Waals surface area contributed by atoms with Gasteiger partial charge < -0.3 is 10.1 Å². The van der Waals surface area contributed by atoms with Gasteiger partial charge in [0.15, 0.2) is 5.78 Å². The van der Waals surface area contributed by atoms with Crippen molar-refractivity contribution in [1.29, 1.82) is 0 Å². The van der Waals surface area contributed by atoms with Gasteiger partial charge >= 0.3 is 0 Å². The number of aromatic nitrogens is 1. The molecule has 0 radical (unpaired) electrons. The minimum absolute atomic E-state index is 0.0211. The highest BCUT2D eigenvalue weighted by Crippen LogP contribution is 2.30. The largest absolute Gasteiger partial charge is 0.492 e. The number of hydrogen-bond donors (Lipinski definition) is 1. The van der Waals surface area contributed by atoms with Crippen molar-refractivity contribution in [2.45, 2.75) is 13.8 Å². The van der Waals surface area contributed by atoms with Crippen LogP contribution in [-0.4, -0.2) is 17.4 Å². The number of Topliss-reactive ketones (excluding diaryl/α,β-unsaturated/α-hetero) is 1. The molecule has 0 spiro atoms. The number of pyridine rings is 1. The number of carbonyl (C=O) groups is 1. The Morgan fingerprint density at radius 3 is 2.78 bits per heavy atom. The molecule has 0 unspecified atom stereocenters. The molecule has 4 heteroatoms. The normalized spacial score (nSPS) is 10.5. The SMILES string of the molecule is CCOc1ccc(C(C)=O)cc1Nc1cnc2ccccc2c1. The number of nitrogens with one attached hydrogen (secondary N) is 1. The monoisotopic (exact) mass is 306 g/mol. The smallest absolute Gasteiger partial charge is 0.159 e. The maximum atomic E-state index is 11.6. The van der Waals surface area contributed by atoms with Crippen LogP contribution < -0.4 is 10.1 Å². The zero-order valence-electron chi connectivity index (χ0n) is 13.2. The number of para-hydroxylation sites is 1. The lowest BCUT2D eigenvalue weighted by Crippen LogP contribution is -2.01. The molecular formula is C19H18N2O2. The minimum atomic E-state index is 0.0211. The summed E-state index contributed by atoms with van der Waals surface area (Å²) >= 11 is 0. The van der Waals surface area contributed by atoms with Gasteiger partial charge in [-0.25, -0.2) is 0 Å². The summed E-state index contributed by atoms with van der Waals surface area (Å²) in [6.07, 6.45) is 1.78. The fourth-order valence-electron chi connectivity index (χ4n) is 2.42. The van der Waals surface area contributed by atoms with Gasteiger partial charge in [-0.05, 0) is 44.2 Å².